The number of benzene rings is 2. The molecule has 19 heavy (non-hydrogen) atoms. The zero-order chi connectivity index (χ0) is 13.5. The fourth-order valence-electron chi connectivity index (χ4n) is 1.75. The zero-order valence-electron chi connectivity index (χ0n) is 10.4. The maximum Gasteiger partial charge on any atom is 0.328 e. The number of carboxylic acids is 1. The third kappa shape index (κ3) is 4.00. The van der Waals surface area contributed by atoms with Gasteiger partial charge in [0.1, 0.15) is 0 Å². The summed E-state index contributed by atoms with van der Waals surface area (Å²) in [5, 5.41) is 11.6. The molecule has 0 radical (unpaired) electrons. The molecule has 0 aromatic heterocycles. The van der Waals surface area contributed by atoms with Crippen LogP contribution in [0.2, 0.25) is 0 Å². The molecule has 2 aromatic carbocycles. The van der Waals surface area contributed by atoms with E-state index in [-0.39, 0.29) is 0 Å². The monoisotopic (exact) mass is 253 g/mol. The molecule has 0 aliphatic heterocycles. The lowest BCUT2D eigenvalue weighted by molar-refractivity contribution is -0.131. The van der Waals surface area contributed by atoms with Crippen molar-refractivity contribution in [3.05, 3.63) is 66.7 Å². The van der Waals surface area contributed by atoms with Crippen LogP contribution >= 0.6 is 0 Å². The zero-order valence-corrected chi connectivity index (χ0v) is 10.4. The van der Waals surface area contributed by atoms with Gasteiger partial charge in [-0.15, -0.1) is 0 Å². The van der Waals surface area contributed by atoms with Gasteiger partial charge >= 0.3 is 5.97 Å². The molecule has 0 atom stereocenters. The van der Waals surface area contributed by atoms with Gasteiger partial charge in [0.25, 0.3) is 0 Å². The first-order valence-electron chi connectivity index (χ1n) is 6.04. The minimum Gasteiger partial charge on any atom is -0.478 e. The maximum absolute atomic E-state index is 10.3. The van der Waals surface area contributed by atoms with E-state index >= 15 is 0 Å². The Hall–Kier alpha value is -2.55. The molecule has 2 aromatic rings. The lowest BCUT2D eigenvalue weighted by Gasteiger charge is -2.05. The predicted molar refractivity (Wildman–Crippen MR) is 77.1 cm³/mol. The molecule has 0 amide bonds. The number of hydrogen-bond donors (Lipinski definition) is 2. The lowest BCUT2D eigenvalue weighted by Crippen LogP contribution is -1.99. The Morgan fingerprint density at radius 1 is 1.00 bits per heavy atom. The second kappa shape index (κ2) is 6.40. The second-order valence-electron chi connectivity index (χ2n) is 4.06. The van der Waals surface area contributed by atoms with Crippen LogP contribution in [-0.4, -0.2) is 17.6 Å². The van der Waals surface area contributed by atoms with Crippen LogP contribution in [-0.2, 0) is 4.79 Å². The lowest BCUT2D eigenvalue weighted by atomic mass is 10.1. The van der Waals surface area contributed by atoms with Gasteiger partial charge in [-0.1, -0.05) is 48.5 Å². The van der Waals surface area contributed by atoms with Gasteiger partial charge in [0.2, 0.25) is 0 Å². The molecule has 0 saturated heterocycles. The highest BCUT2D eigenvalue weighted by Crippen LogP contribution is 2.20. The summed E-state index contributed by atoms with van der Waals surface area (Å²) in [5.74, 6) is -0.929. The molecule has 2 rings (SSSR count). The third-order valence-corrected chi connectivity index (χ3v) is 2.68. The smallest absolute Gasteiger partial charge is 0.328 e. The third-order valence-electron chi connectivity index (χ3n) is 2.68. The average Bonchev–Trinajstić information content (AvgIpc) is 2.45. The van der Waals surface area contributed by atoms with E-state index in [1.54, 1.807) is 6.08 Å². The van der Waals surface area contributed by atoms with Crippen molar-refractivity contribution in [2.24, 2.45) is 0 Å². The SMILES string of the molecule is O=C(O)/C=C/CNc1ccc(-c2ccccc2)cc1. The molecule has 2 N–H and O–H groups in total. The van der Waals surface area contributed by atoms with Gasteiger partial charge in [-0.05, 0) is 23.3 Å². The molecule has 0 unspecified atom stereocenters. The molecule has 0 heterocycles. The molecule has 0 saturated carbocycles. The highest BCUT2D eigenvalue weighted by Gasteiger charge is 1.96. The number of nitrogens with one attached hydrogen (secondary N) is 1. The van der Waals surface area contributed by atoms with Crippen LogP contribution in [0.25, 0.3) is 11.1 Å². The van der Waals surface area contributed by atoms with E-state index in [4.69, 9.17) is 5.11 Å². The summed E-state index contributed by atoms with van der Waals surface area (Å²) >= 11 is 0. The summed E-state index contributed by atoms with van der Waals surface area (Å²) in [6.45, 7) is 0.497. The quantitative estimate of drug-likeness (QED) is 0.803. The van der Waals surface area contributed by atoms with E-state index in [9.17, 15) is 4.79 Å². The number of aliphatic carboxylic acids is 1. The molecule has 3 nitrogen and oxygen atoms in total. The van der Waals surface area contributed by atoms with Crippen LogP contribution in [0.4, 0.5) is 5.69 Å². The summed E-state index contributed by atoms with van der Waals surface area (Å²) in [7, 11) is 0. The fraction of sp³-hybridized carbons (Fsp3) is 0.0625. The number of carbonyl (C=O) groups is 1. The van der Waals surface area contributed by atoms with Crippen molar-refractivity contribution in [3.8, 4) is 11.1 Å². The van der Waals surface area contributed by atoms with Gasteiger partial charge in [0.05, 0.1) is 0 Å². The van der Waals surface area contributed by atoms with Gasteiger partial charge < -0.3 is 10.4 Å². The highest BCUT2D eigenvalue weighted by molar-refractivity contribution is 5.79. The van der Waals surface area contributed by atoms with E-state index in [0.717, 1.165) is 17.3 Å². The van der Waals surface area contributed by atoms with E-state index in [1.165, 1.54) is 5.56 Å². The molecule has 0 bridgehead atoms. The Balaban J connectivity index is 1.97. The van der Waals surface area contributed by atoms with Crippen molar-refractivity contribution in [2.75, 3.05) is 11.9 Å². The van der Waals surface area contributed by atoms with E-state index in [0.29, 0.717) is 6.54 Å². The molecular formula is C16H15NO2. The first kappa shape index (κ1) is 12.9. The summed E-state index contributed by atoms with van der Waals surface area (Å²) in [6, 6.07) is 18.2. The van der Waals surface area contributed by atoms with Crippen molar-refractivity contribution < 1.29 is 9.90 Å². The number of anilines is 1. The van der Waals surface area contributed by atoms with Crippen LogP contribution in [0.3, 0.4) is 0 Å². The Morgan fingerprint density at radius 2 is 1.63 bits per heavy atom. The predicted octanol–water partition coefficient (Wildman–Crippen LogP) is 3.41. The highest BCUT2D eigenvalue weighted by atomic mass is 16.4. The summed E-state index contributed by atoms with van der Waals surface area (Å²) in [5.41, 5.74) is 3.31. The van der Waals surface area contributed by atoms with Crippen LogP contribution in [0, 0.1) is 0 Å². The van der Waals surface area contributed by atoms with Crippen LogP contribution in [0.1, 0.15) is 0 Å². The fourth-order valence-corrected chi connectivity index (χ4v) is 1.75. The number of hydrogen-bond acceptors (Lipinski definition) is 2. The molecule has 3 heteroatoms. The Bertz CT molecular complexity index is 559. The van der Waals surface area contributed by atoms with Crippen LogP contribution in [0.5, 0.6) is 0 Å². The molecule has 0 spiro atoms. The van der Waals surface area contributed by atoms with E-state index in [1.807, 2.05) is 42.5 Å². The minimum absolute atomic E-state index is 0.497. The van der Waals surface area contributed by atoms with Crippen LogP contribution < -0.4 is 5.32 Å². The largest absolute Gasteiger partial charge is 0.478 e. The van der Waals surface area contributed by atoms with Crippen molar-refractivity contribution in [1.29, 1.82) is 0 Å². The van der Waals surface area contributed by atoms with Crippen molar-refractivity contribution in [2.45, 2.75) is 0 Å². The van der Waals surface area contributed by atoms with E-state index < -0.39 is 5.97 Å². The molecule has 0 aliphatic rings. The minimum atomic E-state index is -0.929. The molecule has 0 aliphatic carbocycles. The van der Waals surface area contributed by atoms with E-state index in [2.05, 4.69) is 17.4 Å². The van der Waals surface area contributed by atoms with Gasteiger partial charge in [-0.2, -0.15) is 0 Å². The average molecular weight is 253 g/mol. The topological polar surface area (TPSA) is 49.3 Å². The van der Waals surface area contributed by atoms with Crippen LogP contribution in [0.15, 0.2) is 66.7 Å². The van der Waals surface area contributed by atoms with Gasteiger partial charge in [0.15, 0.2) is 0 Å². The number of carboxylic acid groups (broad SMARTS) is 1. The molecule has 96 valence electrons. The summed E-state index contributed by atoms with van der Waals surface area (Å²) in [6.07, 6.45) is 2.71. The second-order valence-corrected chi connectivity index (χ2v) is 4.06. The molecule has 0 fully saturated rings. The first-order chi connectivity index (χ1) is 9.25. The number of rotatable bonds is 5. The first-order valence-corrected chi connectivity index (χ1v) is 6.04. The Kier molecular flexibility index (Phi) is 4.34. The summed E-state index contributed by atoms with van der Waals surface area (Å²) < 4.78 is 0. The van der Waals surface area contributed by atoms with Gasteiger partial charge in [0, 0.05) is 18.3 Å². The standard InChI is InChI=1S/C16H15NO2/c18-16(19)7-4-12-17-15-10-8-14(9-11-15)13-5-2-1-3-6-13/h1-11,17H,12H2,(H,18,19)/b7-4+. The van der Waals surface area contributed by atoms with Crippen molar-refractivity contribution in [1.82, 2.24) is 0 Å². The summed E-state index contributed by atoms with van der Waals surface area (Å²) in [4.78, 5) is 10.3. The Morgan fingerprint density at radius 3 is 2.26 bits per heavy atom. The normalized spacial score (nSPS) is 10.5. The van der Waals surface area contributed by atoms with Crippen molar-refractivity contribution >= 4 is 11.7 Å². The van der Waals surface area contributed by atoms with Gasteiger partial charge in [-0.25, -0.2) is 4.79 Å². The molecular weight excluding hydrogens is 238 g/mol. The maximum atomic E-state index is 10.3. The van der Waals surface area contributed by atoms with Crippen molar-refractivity contribution in [3.63, 3.8) is 0 Å². The Labute approximate surface area is 112 Å². The van der Waals surface area contributed by atoms with Gasteiger partial charge in [-0.3, -0.25) is 0 Å².